The van der Waals surface area contributed by atoms with Crippen LogP contribution in [0.15, 0.2) is 48.0 Å². The summed E-state index contributed by atoms with van der Waals surface area (Å²) in [5.41, 5.74) is 3.23. The highest BCUT2D eigenvalue weighted by molar-refractivity contribution is 6.39. The molecule has 4 amide bonds. The van der Waals surface area contributed by atoms with Gasteiger partial charge in [-0.1, -0.05) is 6.07 Å². The summed E-state index contributed by atoms with van der Waals surface area (Å²) in [5, 5.41) is 21.1. The molecule has 2 aromatic carbocycles. The molecule has 1 aliphatic rings. The number of aromatic carboxylic acids is 2. The number of hydrogen-bond donors (Lipinski definition) is 3. The molecule has 1 fully saturated rings. The third kappa shape index (κ3) is 4.64. The number of barbiturate groups is 1. The van der Waals surface area contributed by atoms with E-state index < -0.39 is 29.8 Å². The van der Waals surface area contributed by atoms with Gasteiger partial charge in [-0.25, -0.2) is 19.3 Å². The van der Waals surface area contributed by atoms with Gasteiger partial charge in [-0.05, 0) is 86.9 Å². The van der Waals surface area contributed by atoms with Crippen molar-refractivity contribution >= 4 is 41.5 Å². The standard InChI is InChI=1S/C27H23N3O7/c1-13-5-14(2)7-20(6-13)30-24(32)22(23(31)28-27(30)37)12-17-8-15(3)29(16(17)4)21-10-18(25(33)34)9-19(11-21)26(35)36/h5-12H,1-4H3,(H,33,34)(H,35,36)(H,28,31,37)/b22-12+. The number of carboxylic acid groups (broad SMARTS) is 2. The number of carboxylic acids is 2. The van der Waals surface area contributed by atoms with Gasteiger partial charge in [0.2, 0.25) is 0 Å². The van der Waals surface area contributed by atoms with Crippen LogP contribution >= 0.6 is 0 Å². The van der Waals surface area contributed by atoms with Crippen LogP contribution in [-0.2, 0) is 9.59 Å². The lowest BCUT2D eigenvalue weighted by atomic mass is 10.1. The molecular weight excluding hydrogens is 478 g/mol. The van der Waals surface area contributed by atoms with Crippen LogP contribution in [0.4, 0.5) is 10.5 Å². The minimum Gasteiger partial charge on any atom is -0.478 e. The number of anilines is 1. The number of benzene rings is 2. The molecule has 1 saturated heterocycles. The second kappa shape index (κ2) is 9.23. The molecule has 2 heterocycles. The quantitative estimate of drug-likeness (QED) is 0.356. The van der Waals surface area contributed by atoms with Crippen molar-refractivity contribution in [3.05, 3.63) is 87.2 Å². The number of urea groups is 1. The molecule has 0 unspecified atom stereocenters. The minimum absolute atomic E-state index is 0.202. The van der Waals surface area contributed by atoms with E-state index in [1.54, 1.807) is 36.6 Å². The first-order valence-electron chi connectivity index (χ1n) is 11.2. The second-order valence-corrected chi connectivity index (χ2v) is 8.84. The zero-order valence-corrected chi connectivity index (χ0v) is 20.4. The molecule has 1 aliphatic heterocycles. The van der Waals surface area contributed by atoms with Crippen molar-refractivity contribution in [2.24, 2.45) is 0 Å². The average Bonchev–Trinajstić information content (AvgIpc) is 3.08. The van der Waals surface area contributed by atoms with Crippen LogP contribution in [0.5, 0.6) is 0 Å². The van der Waals surface area contributed by atoms with Crippen molar-refractivity contribution in [3.63, 3.8) is 0 Å². The van der Waals surface area contributed by atoms with Gasteiger partial charge in [0.25, 0.3) is 11.8 Å². The fourth-order valence-corrected chi connectivity index (χ4v) is 4.45. The normalized spacial score (nSPS) is 14.8. The van der Waals surface area contributed by atoms with Crippen LogP contribution in [0.2, 0.25) is 0 Å². The number of aryl methyl sites for hydroxylation is 3. The van der Waals surface area contributed by atoms with Crippen molar-refractivity contribution in [3.8, 4) is 5.69 Å². The zero-order valence-electron chi connectivity index (χ0n) is 20.4. The van der Waals surface area contributed by atoms with Gasteiger partial charge in [-0.15, -0.1) is 0 Å². The lowest BCUT2D eigenvalue weighted by Crippen LogP contribution is -2.54. The molecular formula is C27H23N3O7. The number of hydrogen-bond acceptors (Lipinski definition) is 5. The van der Waals surface area contributed by atoms with Crippen LogP contribution < -0.4 is 10.2 Å². The molecule has 0 saturated carbocycles. The Hall–Kier alpha value is -4.99. The van der Waals surface area contributed by atoms with E-state index in [1.165, 1.54) is 18.2 Å². The third-order valence-corrected chi connectivity index (χ3v) is 6.01. The number of nitrogens with zero attached hydrogens (tertiary/aromatic N) is 2. The van der Waals surface area contributed by atoms with E-state index in [9.17, 15) is 34.2 Å². The minimum atomic E-state index is -1.28. The van der Waals surface area contributed by atoms with Crippen LogP contribution in [0, 0.1) is 27.7 Å². The van der Waals surface area contributed by atoms with E-state index in [1.807, 2.05) is 19.9 Å². The van der Waals surface area contributed by atoms with Gasteiger partial charge >= 0.3 is 18.0 Å². The topological polar surface area (TPSA) is 146 Å². The van der Waals surface area contributed by atoms with Gasteiger partial charge in [-0.2, -0.15) is 0 Å². The number of imide groups is 2. The molecule has 3 N–H and O–H groups in total. The van der Waals surface area contributed by atoms with Gasteiger partial charge in [0.05, 0.1) is 16.8 Å². The summed E-state index contributed by atoms with van der Waals surface area (Å²) in [6.45, 7) is 7.06. The van der Waals surface area contributed by atoms with Crippen LogP contribution in [0.3, 0.4) is 0 Å². The SMILES string of the molecule is Cc1cc(C)cc(N2C(=O)NC(=O)/C(=C\c3cc(C)n(-c4cc(C(=O)O)cc(C(=O)O)c4)c3C)C2=O)c1. The molecule has 188 valence electrons. The summed E-state index contributed by atoms with van der Waals surface area (Å²) in [6, 6.07) is 9.79. The lowest BCUT2D eigenvalue weighted by molar-refractivity contribution is -0.122. The van der Waals surface area contributed by atoms with Gasteiger partial charge in [0.1, 0.15) is 5.57 Å². The summed E-state index contributed by atoms with van der Waals surface area (Å²) in [5.74, 6) is -4.20. The van der Waals surface area contributed by atoms with Crippen molar-refractivity contribution in [2.75, 3.05) is 4.90 Å². The largest absolute Gasteiger partial charge is 0.478 e. The summed E-state index contributed by atoms with van der Waals surface area (Å²) >= 11 is 0. The van der Waals surface area contributed by atoms with E-state index in [0.717, 1.165) is 22.1 Å². The van der Waals surface area contributed by atoms with Gasteiger partial charge in [-0.3, -0.25) is 14.9 Å². The lowest BCUT2D eigenvalue weighted by Gasteiger charge is -2.27. The van der Waals surface area contributed by atoms with Crippen LogP contribution in [0.25, 0.3) is 11.8 Å². The molecule has 0 radical (unpaired) electrons. The first-order valence-corrected chi connectivity index (χ1v) is 11.2. The number of carbonyl (C=O) groups is 5. The van der Waals surface area contributed by atoms with E-state index in [4.69, 9.17) is 0 Å². The van der Waals surface area contributed by atoms with Crippen LogP contribution in [0.1, 0.15) is 48.8 Å². The highest BCUT2D eigenvalue weighted by Crippen LogP contribution is 2.28. The predicted octanol–water partition coefficient (Wildman–Crippen LogP) is 3.77. The summed E-state index contributed by atoms with van der Waals surface area (Å²) in [4.78, 5) is 62.6. The van der Waals surface area contributed by atoms with Gasteiger partial charge < -0.3 is 14.8 Å². The van der Waals surface area contributed by atoms with Gasteiger partial charge in [0, 0.05) is 17.1 Å². The third-order valence-electron chi connectivity index (χ3n) is 6.01. The molecule has 0 bridgehead atoms. The predicted molar refractivity (Wildman–Crippen MR) is 134 cm³/mol. The molecule has 0 spiro atoms. The Morgan fingerprint density at radius 1 is 0.784 bits per heavy atom. The van der Waals surface area contributed by atoms with Crippen LogP contribution in [-0.4, -0.2) is 44.6 Å². The fraction of sp³-hybridized carbons (Fsp3) is 0.148. The fourth-order valence-electron chi connectivity index (χ4n) is 4.45. The smallest absolute Gasteiger partial charge is 0.335 e. The molecule has 3 aromatic rings. The monoisotopic (exact) mass is 501 g/mol. The van der Waals surface area contributed by atoms with E-state index in [-0.39, 0.29) is 16.7 Å². The highest BCUT2D eigenvalue weighted by atomic mass is 16.4. The number of amides is 4. The van der Waals surface area contributed by atoms with Crippen molar-refractivity contribution < 1.29 is 34.2 Å². The number of nitrogens with one attached hydrogen (secondary N) is 1. The number of rotatable bonds is 5. The average molecular weight is 501 g/mol. The van der Waals surface area contributed by atoms with Crippen molar-refractivity contribution in [2.45, 2.75) is 27.7 Å². The molecule has 37 heavy (non-hydrogen) atoms. The Kier molecular flexibility index (Phi) is 6.26. The van der Waals surface area contributed by atoms with E-state index >= 15 is 0 Å². The number of carbonyl (C=O) groups excluding carboxylic acids is 3. The summed E-state index contributed by atoms with van der Waals surface area (Å²) in [6.07, 6.45) is 1.36. The van der Waals surface area contributed by atoms with Gasteiger partial charge in [0.15, 0.2) is 0 Å². The highest BCUT2D eigenvalue weighted by Gasteiger charge is 2.37. The Morgan fingerprint density at radius 2 is 1.35 bits per heavy atom. The molecule has 4 rings (SSSR count). The molecule has 10 heteroatoms. The zero-order chi connectivity index (χ0) is 27.2. The maximum atomic E-state index is 13.3. The Labute approximate surface area is 211 Å². The molecule has 10 nitrogen and oxygen atoms in total. The first-order chi connectivity index (χ1) is 17.4. The Balaban J connectivity index is 1.81. The maximum Gasteiger partial charge on any atom is 0.335 e. The van der Waals surface area contributed by atoms with E-state index in [0.29, 0.717) is 28.3 Å². The molecule has 0 atom stereocenters. The van der Waals surface area contributed by atoms with Crippen molar-refractivity contribution in [1.82, 2.24) is 9.88 Å². The second-order valence-electron chi connectivity index (χ2n) is 8.84. The Bertz CT molecular complexity index is 1510. The molecule has 0 aliphatic carbocycles. The maximum absolute atomic E-state index is 13.3. The van der Waals surface area contributed by atoms with Crippen molar-refractivity contribution in [1.29, 1.82) is 0 Å². The first kappa shape index (κ1) is 25.1. The van der Waals surface area contributed by atoms with E-state index in [2.05, 4.69) is 5.32 Å². The molecule has 1 aromatic heterocycles. The summed E-state index contributed by atoms with van der Waals surface area (Å²) in [7, 11) is 0. The summed E-state index contributed by atoms with van der Waals surface area (Å²) < 4.78 is 1.63. The number of aromatic nitrogens is 1. The Morgan fingerprint density at radius 3 is 1.89 bits per heavy atom.